The summed E-state index contributed by atoms with van der Waals surface area (Å²) in [5, 5.41) is 0. The molecule has 1 saturated carbocycles. The fourth-order valence-electron chi connectivity index (χ4n) is 3.13. The van der Waals surface area contributed by atoms with Crippen LogP contribution in [0.25, 0.3) is 0 Å². The van der Waals surface area contributed by atoms with Gasteiger partial charge in [0.2, 0.25) is 0 Å². The second-order valence-corrected chi connectivity index (χ2v) is 6.62. The summed E-state index contributed by atoms with van der Waals surface area (Å²) in [7, 11) is 1.70. The Balaban J connectivity index is 2.16. The van der Waals surface area contributed by atoms with Gasteiger partial charge in [-0.1, -0.05) is 15.9 Å². The van der Waals surface area contributed by atoms with Gasteiger partial charge in [-0.15, -0.1) is 0 Å². The third-order valence-corrected chi connectivity index (χ3v) is 5.41. The highest BCUT2D eigenvalue weighted by Crippen LogP contribution is 2.56. The van der Waals surface area contributed by atoms with Crippen molar-refractivity contribution in [2.75, 3.05) is 7.11 Å². The number of hydrogen-bond acceptors (Lipinski definition) is 3. The van der Waals surface area contributed by atoms with Crippen LogP contribution in [0.4, 0.5) is 0 Å². The molecule has 0 spiro atoms. The van der Waals surface area contributed by atoms with Crippen LogP contribution in [-0.2, 0) is 11.8 Å². The van der Waals surface area contributed by atoms with Gasteiger partial charge in [-0.05, 0) is 38.3 Å². The third kappa shape index (κ3) is 1.88. The molecule has 1 heterocycles. The molecule has 1 aliphatic carbocycles. The van der Waals surface area contributed by atoms with Crippen LogP contribution in [0, 0.1) is 0 Å². The van der Waals surface area contributed by atoms with E-state index in [2.05, 4.69) is 35.8 Å². The minimum atomic E-state index is 0.118. The van der Waals surface area contributed by atoms with Gasteiger partial charge in [-0.25, -0.2) is 0 Å². The molecule has 1 aromatic carbocycles. The van der Waals surface area contributed by atoms with Crippen LogP contribution in [0.1, 0.15) is 37.8 Å². The summed E-state index contributed by atoms with van der Waals surface area (Å²) in [6.45, 7) is 4.18. The van der Waals surface area contributed by atoms with E-state index >= 15 is 0 Å². The van der Waals surface area contributed by atoms with Crippen molar-refractivity contribution in [1.82, 2.24) is 0 Å². The van der Waals surface area contributed by atoms with Crippen LogP contribution in [0.15, 0.2) is 10.5 Å². The summed E-state index contributed by atoms with van der Waals surface area (Å²) < 4.78 is 12.6. The highest BCUT2D eigenvalue weighted by atomic mass is 79.9. The summed E-state index contributed by atoms with van der Waals surface area (Å²) in [5.41, 5.74) is 8.84. The highest BCUT2D eigenvalue weighted by molar-refractivity contribution is 9.10. The Kier molecular flexibility index (Phi) is 3.06. The molecule has 1 aromatic rings. The number of rotatable bonds is 3. The summed E-state index contributed by atoms with van der Waals surface area (Å²) in [6.07, 6.45) is 3.44. The van der Waals surface area contributed by atoms with E-state index in [0.29, 0.717) is 0 Å². The Morgan fingerprint density at radius 1 is 1.53 bits per heavy atom. The molecular formula is C15H20BrNO2. The van der Waals surface area contributed by atoms with Gasteiger partial charge >= 0.3 is 0 Å². The first-order valence-electron chi connectivity index (χ1n) is 6.81. The molecule has 2 aliphatic rings. The Morgan fingerprint density at radius 2 is 2.21 bits per heavy atom. The van der Waals surface area contributed by atoms with Gasteiger partial charge in [-0.2, -0.15) is 0 Å². The van der Waals surface area contributed by atoms with Crippen molar-refractivity contribution in [2.24, 2.45) is 5.73 Å². The van der Waals surface area contributed by atoms with E-state index in [4.69, 9.17) is 15.2 Å². The molecule has 1 aliphatic heterocycles. The SMILES string of the molecule is COc1cc(C2(C(C)N)CC2)c(Br)c2c1OC(C)C2. The number of ether oxygens (including phenoxy) is 2. The topological polar surface area (TPSA) is 44.5 Å². The number of nitrogens with two attached hydrogens (primary N) is 1. The highest BCUT2D eigenvalue weighted by Gasteiger charge is 2.49. The molecule has 3 nitrogen and oxygen atoms in total. The first-order valence-corrected chi connectivity index (χ1v) is 7.61. The summed E-state index contributed by atoms with van der Waals surface area (Å²) >= 11 is 3.78. The fraction of sp³-hybridized carbons (Fsp3) is 0.600. The first kappa shape index (κ1) is 13.3. The lowest BCUT2D eigenvalue weighted by Crippen LogP contribution is -2.32. The minimum absolute atomic E-state index is 0.118. The largest absolute Gasteiger partial charge is 0.493 e. The van der Waals surface area contributed by atoms with Crippen molar-refractivity contribution in [2.45, 2.75) is 50.7 Å². The maximum atomic E-state index is 6.20. The molecule has 4 heteroatoms. The number of fused-ring (bicyclic) bond motifs is 1. The van der Waals surface area contributed by atoms with Crippen LogP contribution >= 0.6 is 15.9 Å². The lowest BCUT2D eigenvalue weighted by Gasteiger charge is -2.23. The van der Waals surface area contributed by atoms with Gasteiger partial charge in [0.05, 0.1) is 7.11 Å². The van der Waals surface area contributed by atoms with Gasteiger partial charge < -0.3 is 15.2 Å². The van der Waals surface area contributed by atoms with Crippen molar-refractivity contribution < 1.29 is 9.47 Å². The molecule has 2 N–H and O–H groups in total. The molecule has 0 amide bonds. The van der Waals surface area contributed by atoms with Gasteiger partial charge in [0.1, 0.15) is 6.10 Å². The summed E-state index contributed by atoms with van der Waals surface area (Å²) in [4.78, 5) is 0. The molecule has 1 fully saturated rings. The standard InChI is InChI=1S/C15H20BrNO2/c1-8-6-10-13(16)11(15(4-5-15)9(2)17)7-12(18-3)14(10)19-8/h7-9H,4-6,17H2,1-3H3. The summed E-state index contributed by atoms with van der Waals surface area (Å²) in [6, 6.07) is 2.27. The molecule has 2 unspecified atom stereocenters. The predicted octanol–water partition coefficient (Wildman–Crippen LogP) is 3.16. The quantitative estimate of drug-likeness (QED) is 0.928. The smallest absolute Gasteiger partial charge is 0.166 e. The van der Waals surface area contributed by atoms with E-state index in [1.54, 1.807) is 7.11 Å². The van der Waals surface area contributed by atoms with E-state index in [-0.39, 0.29) is 17.6 Å². The average Bonchev–Trinajstić information content (AvgIpc) is 3.07. The van der Waals surface area contributed by atoms with E-state index in [0.717, 1.165) is 30.8 Å². The molecular weight excluding hydrogens is 306 g/mol. The van der Waals surface area contributed by atoms with Crippen molar-refractivity contribution in [1.29, 1.82) is 0 Å². The lowest BCUT2D eigenvalue weighted by atomic mass is 9.87. The normalized spacial score (nSPS) is 24.6. The molecule has 0 saturated heterocycles. The fourth-order valence-corrected chi connectivity index (χ4v) is 3.98. The minimum Gasteiger partial charge on any atom is -0.493 e. The van der Waals surface area contributed by atoms with Crippen LogP contribution in [0.2, 0.25) is 0 Å². The van der Waals surface area contributed by atoms with Gasteiger partial charge in [0.15, 0.2) is 11.5 Å². The van der Waals surface area contributed by atoms with Gasteiger partial charge in [0, 0.05) is 27.9 Å². The number of benzene rings is 1. The number of halogens is 1. The lowest BCUT2D eigenvalue weighted by molar-refractivity contribution is 0.243. The molecule has 104 valence electrons. The van der Waals surface area contributed by atoms with Crippen LogP contribution in [0.3, 0.4) is 0 Å². The van der Waals surface area contributed by atoms with E-state index in [1.165, 1.54) is 15.6 Å². The maximum absolute atomic E-state index is 6.20. The van der Waals surface area contributed by atoms with Crippen molar-refractivity contribution >= 4 is 15.9 Å². The molecule has 19 heavy (non-hydrogen) atoms. The number of hydrogen-bond donors (Lipinski definition) is 1. The Morgan fingerprint density at radius 3 is 2.74 bits per heavy atom. The van der Waals surface area contributed by atoms with Crippen LogP contribution < -0.4 is 15.2 Å². The van der Waals surface area contributed by atoms with E-state index in [1.807, 2.05) is 0 Å². The second kappa shape index (κ2) is 4.38. The average molecular weight is 326 g/mol. The zero-order chi connectivity index (χ0) is 13.8. The molecule has 0 bridgehead atoms. The van der Waals surface area contributed by atoms with Crippen LogP contribution in [-0.4, -0.2) is 19.3 Å². The molecule has 0 aromatic heterocycles. The molecule has 2 atom stereocenters. The van der Waals surface area contributed by atoms with Crippen molar-refractivity contribution in [3.05, 3.63) is 21.7 Å². The van der Waals surface area contributed by atoms with Gasteiger partial charge in [0.25, 0.3) is 0 Å². The van der Waals surface area contributed by atoms with Crippen molar-refractivity contribution in [3.8, 4) is 11.5 Å². The van der Waals surface area contributed by atoms with Crippen molar-refractivity contribution in [3.63, 3.8) is 0 Å². The zero-order valence-corrected chi connectivity index (χ0v) is 13.2. The zero-order valence-electron chi connectivity index (χ0n) is 11.6. The van der Waals surface area contributed by atoms with E-state index < -0.39 is 0 Å². The first-order chi connectivity index (χ1) is 8.99. The van der Waals surface area contributed by atoms with Crippen LogP contribution in [0.5, 0.6) is 11.5 Å². The molecule has 0 radical (unpaired) electrons. The predicted molar refractivity (Wildman–Crippen MR) is 79.0 cm³/mol. The van der Waals surface area contributed by atoms with Gasteiger partial charge in [-0.3, -0.25) is 0 Å². The van der Waals surface area contributed by atoms with E-state index in [9.17, 15) is 0 Å². The second-order valence-electron chi connectivity index (χ2n) is 5.83. The molecule has 3 rings (SSSR count). The monoisotopic (exact) mass is 325 g/mol. The third-order valence-electron chi connectivity index (χ3n) is 4.50. The number of methoxy groups -OCH3 is 1. The summed E-state index contributed by atoms with van der Waals surface area (Å²) in [5.74, 6) is 1.73. The maximum Gasteiger partial charge on any atom is 0.166 e. The Labute approximate surface area is 122 Å². The Bertz CT molecular complexity index is 523. The Hall–Kier alpha value is -0.740.